The van der Waals surface area contributed by atoms with E-state index in [0.29, 0.717) is 24.6 Å². The SMILES string of the molecule is CC(C)COc1cccc(NCc2cccc(C(N)=O)c2)c1. The Labute approximate surface area is 131 Å². The molecule has 0 heterocycles. The normalized spacial score (nSPS) is 10.5. The lowest BCUT2D eigenvalue weighted by atomic mass is 10.1. The summed E-state index contributed by atoms with van der Waals surface area (Å²) in [6.07, 6.45) is 0. The van der Waals surface area contributed by atoms with Crippen LogP contribution in [0.5, 0.6) is 5.75 Å². The predicted molar refractivity (Wildman–Crippen MR) is 89.1 cm³/mol. The molecule has 22 heavy (non-hydrogen) atoms. The summed E-state index contributed by atoms with van der Waals surface area (Å²) in [4.78, 5) is 11.2. The zero-order chi connectivity index (χ0) is 15.9. The molecule has 0 radical (unpaired) electrons. The molecule has 0 unspecified atom stereocenters. The molecule has 116 valence electrons. The van der Waals surface area contributed by atoms with Gasteiger partial charge in [-0.3, -0.25) is 4.79 Å². The van der Waals surface area contributed by atoms with E-state index >= 15 is 0 Å². The fourth-order valence-corrected chi connectivity index (χ4v) is 2.00. The molecule has 0 aromatic heterocycles. The van der Waals surface area contributed by atoms with Crippen molar-refractivity contribution in [2.45, 2.75) is 20.4 Å². The number of benzene rings is 2. The van der Waals surface area contributed by atoms with E-state index < -0.39 is 5.91 Å². The summed E-state index contributed by atoms with van der Waals surface area (Å²) in [6, 6.07) is 15.2. The maximum Gasteiger partial charge on any atom is 0.248 e. The van der Waals surface area contributed by atoms with E-state index in [2.05, 4.69) is 19.2 Å². The van der Waals surface area contributed by atoms with Crippen LogP contribution >= 0.6 is 0 Å². The van der Waals surface area contributed by atoms with Gasteiger partial charge in [0.15, 0.2) is 0 Å². The van der Waals surface area contributed by atoms with Gasteiger partial charge in [-0.05, 0) is 35.7 Å². The first-order chi connectivity index (χ1) is 10.5. The third-order valence-electron chi connectivity index (χ3n) is 3.13. The Balaban J connectivity index is 1.98. The van der Waals surface area contributed by atoms with E-state index in [9.17, 15) is 4.79 Å². The lowest BCUT2D eigenvalue weighted by Gasteiger charge is -2.11. The van der Waals surface area contributed by atoms with Crippen LogP contribution in [-0.2, 0) is 6.54 Å². The quantitative estimate of drug-likeness (QED) is 0.823. The van der Waals surface area contributed by atoms with Crippen molar-refractivity contribution in [3.05, 3.63) is 59.7 Å². The van der Waals surface area contributed by atoms with Crippen LogP contribution in [0, 0.1) is 5.92 Å². The highest BCUT2D eigenvalue weighted by Crippen LogP contribution is 2.19. The number of hydrogen-bond acceptors (Lipinski definition) is 3. The molecule has 0 saturated heterocycles. The van der Waals surface area contributed by atoms with Gasteiger partial charge in [-0.2, -0.15) is 0 Å². The molecule has 0 aliphatic rings. The second kappa shape index (κ2) is 7.50. The van der Waals surface area contributed by atoms with Crippen LogP contribution in [0.3, 0.4) is 0 Å². The van der Waals surface area contributed by atoms with Crippen molar-refractivity contribution in [1.82, 2.24) is 0 Å². The molecule has 0 spiro atoms. The van der Waals surface area contributed by atoms with Crippen molar-refractivity contribution in [2.75, 3.05) is 11.9 Å². The average molecular weight is 298 g/mol. The molecular weight excluding hydrogens is 276 g/mol. The van der Waals surface area contributed by atoms with Crippen LogP contribution in [0.1, 0.15) is 29.8 Å². The fraction of sp³-hybridized carbons (Fsp3) is 0.278. The number of nitrogens with two attached hydrogens (primary N) is 1. The Kier molecular flexibility index (Phi) is 5.42. The molecule has 4 heteroatoms. The molecule has 0 saturated carbocycles. The minimum Gasteiger partial charge on any atom is -0.493 e. The lowest BCUT2D eigenvalue weighted by Crippen LogP contribution is -2.11. The molecule has 3 N–H and O–H groups in total. The van der Waals surface area contributed by atoms with Gasteiger partial charge in [-0.1, -0.05) is 32.0 Å². The van der Waals surface area contributed by atoms with Crippen molar-refractivity contribution >= 4 is 11.6 Å². The summed E-state index contributed by atoms with van der Waals surface area (Å²) in [6.45, 7) is 5.56. The Morgan fingerprint density at radius 2 is 1.95 bits per heavy atom. The number of amides is 1. The molecule has 0 bridgehead atoms. The smallest absolute Gasteiger partial charge is 0.248 e. The molecule has 1 amide bonds. The molecule has 2 rings (SSSR count). The monoisotopic (exact) mass is 298 g/mol. The third-order valence-corrected chi connectivity index (χ3v) is 3.13. The van der Waals surface area contributed by atoms with Crippen LogP contribution in [0.25, 0.3) is 0 Å². The van der Waals surface area contributed by atoms with Crippen LogP contribution in [0.4, 0.5) is 5.69 Å². The Bertz CT molecular complexity index is 638. The van der Waals surface area contributed by atoms with Gasteiger partial charge in [0.1, 0.15) is 5.75 Å². The number of ether oxygens (including phenoxy) is 1. The lowest BCUT2D eigenvalue weighted by molar-refractivity contribution is 0.1000. The minimum atomic E-state index is -0.411. The first kappa shape index (κ1) is 15.9. The number of carbonyl (C=O) groups is 1. The third kappa shape index (κ3) is 4.81. The first-order valence-corrected chi connectivity index (χ1v) is 7.40. The van der Waals surface area contributed by atoms with Gasteiger partial charge in [0.05, 0.1) is 6.61 Å². The largest absolute Gasteiger partial charge is 0.493 e. The van der Waals surface area contributed by atoms with E-state index in [1.807, 2.05) is 36.4 Å². The number of carbonyl (C=O) groups excluding carboxylic acids is 1. The van der Waals surface area contributed by atoms with Gasteiger partial charge in [0, 0.05) is 23.9 Å². The maximum absolute atomic E-state index is 11.2. The predicted octanol–water partition coefficient (Wildman–Crippen LogP) is 3.43. The van der Waals surface area contributed by atoms with Gasteiger partial charge < -0.3 is 15.8 Å². The van der Waals surface area contributed by atoms with Crippen LogP contribution < -0.4 is 15.8 Å². The van der Waals surface area contributed by atoms with Gasteiger partial charge in [-0.15, -0.1) is 0 Å². The summed E-state index contributed by atoms with van der Waals surface area (Å²) >= 11 is 0. The first-order valence-electron chi connectivity index (χ1n) is 7.40. The van der Waals surface area contributed by atoms with Crippen molar-refractivity contribution in [2.24, 2.45) is 11.7 Å². The van der Waals surface area contributed by atoms with Crippen LogP contribution in [0.2, 0.25) is 0 Å². The van der Waals surface area contributed by atoms with Gasteiger partial charge >= 0.3 is 0 Å². The zero-order valence-corrected chi connectivity index (χ0v) is 13.0. The fourth-order valence-electron chi connectivity index (χ4n) is 2.00. The van der Waals surface area contributed by atoms with E-state index in [4.69, 9.17) is 10.5 Å². The van der Waals surface area contributed by atoms with Gasteiger partial charge in [0.25, 0.3) is 0 Å². The molecule has 0 fully saturated rings. The van der Waals surface area contributed by atoms with E-state index in [1.54, 1.807) is 12.1 Å². The number of hydrogen-bond donors (Lipinski definition) is 2. The summed E-state index contributed by atoms with van der Waals surface area (Å²) in [5, 5.41) is 3.32. The average Bonchev–Trinajstić information content (AvgIpc) is 2.51. The highest BCUT2D eigenvalue weighted by atomic mass is 16.5. The molecule has 2 aromatic carbocycles. The maximum atomic E-state index is 11.2. The van der Waals surface area contributed by atoms with Crippen molar-refractivity contribution in [1.29, 1.82) is 0 Å². The number of anilines is 1. The summed E-state index contributed by atoms with van der Waals surface area (Å²) < 4.78 is 5.71. The molecule has 0 aliphatic heterocycles. The topological polar surface area (TPSA) is 64.3 Å². The highest BCUT2D eigenvalue weighted by molar-refractivity contribution is 5.92. The Morgan fingerprint density at radius 3 is 2.68 bits per heavy atom. The molecule has 4 nitrogen and oxygen atoms in total. The summed E-state index contributed by atoms with van der Waals surface area (Å²) in [5.74, 6) is 0.934. The molecular formula is C18H22N2O2. The van der Waals surface area contributed by atoms with Gasteiger partial charge in [-0.25, -0.2) is 0 Å². The molecule has 0 atom stereocenters. The van der Waals surface area contributed by atoms with Gasteiger partial charge in [0.2, 0.25) is 5.91 Å². The van der Waals surface area contributed by atoms with E-state index in [1.165, 1.54) is 0 Å². The van der Waals surface area contributed by atoms with Crippen LogP contribution in [0.15, 0.2) is 48.5 Å². The van der Waals surface area contributed by atoms with E-state index in [0.717, 1.165) is 17.0 Å². The van der Waals surface area contributed by atoms with Crippen molar-refractivity contribution in [3.8, 4) is 5.75 Å². The Hall–Kier alpha value is -2.49. The second-order valence-electron chi connectivity index (χ2n) is 5.65. The summed E-state index contributed by atoms with van der Waals surface area (Å²) in [7, 11) is 0. The highest BCUT2D eigenvalue weighted by Gasteiger charge is 2.02. The standard InChI is InChI=1S/C18H22N2O2/c1-13(2)12-22-17-8-4-7-16(10-17)20-11-14-5-3-6-15(9-14)18(19)21/h3-10,13,20H,11-12H2,1-2H3,(H2,19,21). The molecule has 2 aromatic rings. The zero-order valence-electron chi connectivity index (χ0n) is 13.0. The van der Waals surface area contributed by atoms with Crippen molar-refractivity contribution < 1.29 is 9.53 Å². The number of primary amides is 1. The number of nitrogens with one attached hydrogen (secondary N) is 1. The van der Waals surface area contributed by atoms with Crippen molar-refractivity contribution in [3.63, 3.8) is 0 Å². The number of rotatable bonds is 7. The van der Waals surface area contributed by atoms with Crippen LogP contribution in [-0.4, -0.2) is 12.5 Å². The Morgan fingerprint density at radius 1 is 1.18 bits per heavy atom. The second-order valence-corrected chi connectivity index (χ2v) is 5.65. The minimum absolute atomic E-state index is 0.411. The van der Waals surface area contributed by atoms with E-state index in [-0.39, 0.29) is 0 Å². The molecule has 0 aliphatic carbocycles. The summed E-state index contributed by atoms with van der Waals surface area (Å²) in [5.41, 5.74) is 7.80.